The van der Waals surface area contributed by atoms with Gasteiger partial charge in [0, 0.05) is 36.4 Å². The van der Waals surface area contributed by atoms with Crippen LogP contribution in [-0.2, 0) is 16.4 Å². The molecule has 0 amide bonds. The molecule has 4 aromatic rings. The van der Waals surface area contributed by atoms with Crippen LogP contribution in [0.25, 0.3) is 28.0 Å². The van der Waals surface area contributed by atoms with Gasteiger partial charge in [-0.3, -0.25) is 4.90 Å². The molecule has 2 aromatic carbocycles. The highest BCUT2D eigenvalue weighted by molar-refractivity contribution is 7.91. The number of hydrogen-bond acceptors (Lipinski definition) is 4. The van der Waals surface area contributed by atoms with Crippen molar-refractivity contribution in [1.82, 2.24) is 14.3 Å². The van der Waals surface area contributed by atoms with Crippen molar-refractivity contribution in [2.45, 2.75) is 6.54 Å². The highest BCUT2D eigenvalue weighted by Gasteiger charge is 2.24. The van der Waals surface area contributed by atoms with Crippen LogP contribution in [0.5, 0.6) is 0 Å². The summed E-state index contributed by atoms with van der Waals surface area (Å²) in [5, 5.41) is 0.682. The number of benzene rings is 2. The number of hydrogen-bond donors (Lipinski definition) is 0. The van der Waals surface area contributed by atoms with E-state index in [0.717, 1.165) is 33.7 Å². The molecule has 0 saturated carbocycles. The van der Waals surface area contributed by atoms with Crippen LogP contribution in [0.2, 0.25) is 5.02 Å². The third-order valence-corrected chi connectivity index (χ3v) is 7.61. The van der Waals surface area contributed by atoms with E-state index in [4.69, 9.17) is 16.6 Å². The first kappa shape index (κ1) is 20.2. The summed E-state index contributed by atoms with van der Waals surface area (Å²) in [4.78, 5) is 7.11. The summed E-state index contributed by atoms with van der Waals surface area (Å²) < 4.78 is 25.9. The molecule has 1 aliphatic rings. The van der Waals surface area contributed by atoms with E-state index >= 15 is 0 Å². The topological polar surface area (TPSA) is 54.7 Å². The van der Waals surface area contributed by atoms with Gasteiger partial charge in [0.15, 0.2) is 9.84 Å². The summed E-state index contributed by atoms with van der Waals surface area (Å²) >= 11 is 6.10. The maximum Gasteiger partial charge on any atom is 0.152 e. The molecule has 0 atom stereocenters. The fourth-order valence-corrected chi connectivity index (χ4v) is 5.41. The monoisotopic (exact) mass is 451 g/mol. The Morgan fingerprint density at radius 3 is 2.23 bits per heavy atom. The third kappa shape index (κ3) is 4.24. The van der Waals surface area contributed by atoms with Gasteiger partial charge in [0.1, 0.15) is 5.65 Å². The predicted molar refractivity (Wildman–Crippen MR) is 125 cm³/mol. The Morgan fingerprint density at radius 2 is 1.52 bits per heavy atom. The van der Waals surface area contributed by atoms with Gasteiger partial charge in [-0.25, -0.2) is 13.4 Å². The summed E-state index contributed by atoms with van der Waals surface area (Å²) in [5.74, 6) is 0.407. The normalized spacial score (nSPS) is 16.5. The van der Waals surface area contributed by atoms with E-state index in [2.05, 4.69) is 33.7 Å². The largest absolute Gasteiger partial charge is 0.301 e. The van der Waals surface area contributed by atoms with Crippen LogP contribution in [-0.4, -0.2) is 47.3 Å². The van der Waals surface area contributed by atoms with E-state index in [-0.39, 0.29) is 11.5 Å². The van der Waals surface area contributed by atoms with E-state index in [1.165, 1.54) is 0 Å². The molecule has 2 aromatic heterocycles. The Balaban J connectivity index is 1.61. The van der Waals surface area contributed by atoms with Crippen molar-refractivity contribution in [2.24, 2.45) is 0 Å². The van der Waals surface area contributed by atoms with Gasteiger partial charge < -0.3 is 4.40 Å². The number of fused-ring (bicyclic) bond motifs is 1. The highest BCUT2D eigenvalue weighted by atomic mass is 35.5. The summed E-state index contributed by atoms with van der Waals surface area (Å²) in [6.07, 6.45) is 2.12. The minimum atomic E-state index is -2.93. The first-order chi connectivity index (χ1) is 15.0. The van der Waals surface area contributed by atoms with Gasteiger partial charge in [-0.2, -0.15) is 0 Å². The molecule has 31 heavy (non-hydrogen) atoms. The van der Waals surface area contributed by atoms with E-state index in [1.807, 2.05) is 48.5 Å². The second-order valence-corrected chi connectivity index (χ2v) is 10.6. The zero-order valence-corrected chi connectivity index (χ0v) is 18.5. The number of sulfone groups is 1. The molecule has 7 heteroatoms. The van der Waals surface area contributed by atoms with E-state index in [0.29, 0.717) is 24.7 Å². The molecule has 0 unspecified atom stereocenters. The fraction of sp³-hybridized carbons (Fsp3) is 0.208. The second kappa shape index (κ2) is 8.11. The maximum atomic E-state index is 11.9. The minimum absolute atomic E-state index is 0.204. The van der Waals surface area contributed by atoms with Gasteiger partial charge in [0.05, 0.1) is 22.9 Å². The first-order valence-electron chi connectivity index (χ1n) is 10.2. The van der Waals surface area contributed by atoms with Gasteiger partial charge in [0.25, 0.3) is 0 Å². The number of rotatable bonds is 4. The van der Waals surface area contributed by atoms with Crippen molar-refractivity contribution in [3.63, 3.8) is 0 Å². The van der Waals surface area contributed by atoms with Crippen molar-refractivity contribution >= 4 is 27.1 Å². The maximum absolute atomic E-state index is 11.9. The average Bonchev–Trinajstić information content (AvgIpc) is 3.14. The Bertz CT molecular complexity index is 1320. The highest BCUT2D eigenvalue weighted by Crippen LogP contribution is 2.29. The number of halogens is 1. The summed E-state index contributed by atoms with van der Waals surface area (Å²) in [7, 11) is -2.93. The van der Waals surface area contributed by atoms with Crippen LogP contribution < -0.4 is 0 Å². The molecule has 3 heterocycles. The molecule has 0 spiro atoms. The van der Waals surface area contributed by atoms with Crippen LogP contribution in [0.1, 0.15) is 5.69 Å². The third-order valence-electron chi connectivity index (χ3n) is 5.75. The Morgan fingerprint density at radius 1 is 0.839 bits per heavy atom. The zero-order valence-electron chi connectivity index (χ0n) is 16.9. The second-order valence-electron chi connectivity index (χ2n) is 7.85. The van der Waals surface area contributed by atoms with Crippen LogP contribution in [0.15, 0.2) is 72.9 Å². The van der Waals surface area contributed by atoms with Gasteiger partial charge in [0.2, 0.25) is 0 Å². The number of aromatic nitrogens is 2. The fourth-order valence-electron chi connectivity index (χ4n) is 4.00. The number of imidazole rings is 1. The molecule has 0 N–H and O–H groups in total. The lowest BCUT2D eigenvalue weighted by Crippen LogP contribution is -2.40. The van der Waals surface area contributed by atoms with Crippen LogP contribution in [0.3, 0.4) is 0 Å². The Kier molecular flexibility index (Phi) is 5.30. The van der Waals surface area contributed by atoms with Gasteiger partial charge in [-0.1, -0.05) is 54.1 Å². The SMILES string of the molecule is O=S1(=O)CCN(Cc2c(-c3ccc(Cl)cc3)nc3ccc(-c4ccccc4)cn23)CC1. The quantitative estimate of drug-likeness (QED) is 0.456. The molecular weight excluding hydrogens is 430 g/mol. The van der Waals surface area contributed by atoms with Crippen LogP contribution >= 0.6 is 11.6 Å². The van der Waals surface area contributed by atoms with E-state index < -0.39 is 9.84 Å². The van der Waals surface area contributed by atoms with Crippen molar-refractivity contribution in [3.05, 3.63) is 83.6 Å². The molecule has 1 aliphatic heterocycles. The lowest BCUT2D eigenvalue weighted by molar-refractivity contribution is 0.284. The van der Waals surface area contributed by atoms with E-state index in [9.17, 15) is 8.42 Å². The van der Waals surface area contributed by atoms with E-state index in [1.54, 1.807) is 0 Å². The number of nitrogens with zero attached hydrogens (tertiary/aromatic N) is 3. The smallest absolute Gasteiger partial charge is 0.152 e. The summed E-state index contributed by atoms with van der Waals surface area (Å²) in [5.41, 5.74) is 6.06. The zero-order chi connectivity index (χ0) is 21.4. The molecule has 0 aliphatic carbocycles. The van der Waals surface area contributed by atoms with Gasteiger partial charge in [-0.15, -0.1) is 0 Å². The van der Waals surface area contributed by atoms with Gasteiger partial charge >= 0.3 is 0 Å². The lowest BCUT2D eigenvalue weighted by Gasteiger charge is -2.26. The molecule has 158 valence electrons. The van der Waals surface area contributed by atoms with Crippen LogP contribution in [0.4, 0.5) is 0 Å². The van der Waals surface area contributed by atoms with Crippen molar-refractivity contribution < 1.29 is 8.42 Å². The Labute approximate surface area is 186 Å². The molecule has 0 radical (unpaired) electrons. The number of pyridine rings is 1. The summed E-state index contributed by atoms with van der Waals surface area (Å²) in [6.45, 7) is 1.70. The van der Waals surface area contributed by atoms with Crippen LogP contribution in [0, 0.1) is 0 Å². The molecule has 5 nitrogen and oxygen atoms in total. The van der Waals surface area contributed by atoms with Crippen molar-refractivity contribution in [1.29, 1.82) is 0 Å². The standard InChI is InChI=1S/C24H22ClN3O2S/c25-21-9-6-19(7-10-21)24-22(17-27-12-14-31(29,30)15-13-27)28-16-20(8-11-23(28)26-24)18-4-2-1-3-5-18/h1-11,16H,12-15,17H2. The van der Waals surface area contributed by atoms with Gasteiger partial charge in [-0.05, 0) is 35.4 Å². The van der Waals surface area contributed by atoms with Crippen molar-refractivity contribution in [3.8, 4) is 22.4 Å². The predicted octanol–water partition coefficient (Wildman–Crippen LogP) is 4.55. The lowest BCUT2D eigenvalue weighted by atomic mass is 10.1. The molecule has 1 saturated heterocycles. The first-order valence-corrected chi connectivity index (χ1v) is 12.4. The Hall–Kier alpha value is -2.67. The molecule has 0 bridgehead atoms. The molecular formula is C24H22ClN3O2S. The molecule has 1 fully saturated rings. The summed E-state index contributed by atoms with van der Waals surface area (Å²) in [6, 6.07) is 22.1. The average molecular weight is 452 g/mol. The van der Waals surface area contributed by atoms with Crippen molar-refractivity contribution in [2.75, 3.05) is 24.6 Å². The minimum Gasteiger partial charge on any atom is -0.301 e. The molecule has 5 rings (SSSR count).